The van der Waals surface area contributed by atoms with Gasteiger partial charge in [0.25, 0.3) is 5.91 Å². The third-order valence-electron chi connectivity index (χ3n) is 4.24. The number of amides is 1. The Kier molecular flexibility index (Phi) is 5.13. The minimum Gasteiger partial charge on any atom is -0.488 e. The van der Waals surface area contributed by atoms with Crippen molar-refractivity contribution >= 4 is 5.91 Å². The zero-order chi connectivity index (χ0) is 19.8. The van der Waals surface area contributed by atoms with Crippen LogP contribution in [0.2, 0.25) is 0 Å². The molecular weight excluding hydrogens is 367 g/mol. The van der Waals surface area contributed by atoms with Gasteiger partial charge in [-0.25, -0.2) is 0 Å². The standard InChI is InChI=1S/C16H20F3N5O3/c1-8-6-10-12(9(2)27-8)23-24(3)13(10)15(25)20-4-5-26-11-7-21-22-14(11)16(17,18)19/h7-9H,4-6H2,1-3H3,(H,20,25)(H,21,22)/t8-,9+/m1/s1. The van der Waals surface area contributed by atoms with Crippen LogP contribution >= 0.6 is 0 Å². The lowest BCUT2D eigenvalue weighted by Gasteiger charge is -2.24. The number of nitrogens with zero attached hydrogens (tertiary/aromatic N) is 3. The molecule has 3 heterocycles. The Labute approximate surface area is 153 Å². The Morgan fingerprint density at radius 2 is 2.22 bits per heavy atom. The van der Waals surface area contributed by atoms with E-state index in [4.69, 9.17) is 9.47 Å². The van der Waals surface area contributed by atoms with Crippen molar-refractivity contribution < 1.29 is 27.4 Å². The molecule has 0 spiro atoms. The Balaban J connectivity index is 1.61. The van der Waals surface area contributed by atoms with Crippen LogP contribution in [0.25, 0.3) is 0 Å². The maximum absolute atomic E-state index is 12.7. The van der Waals surface area contributed by atoms with Gasteiger partial charge >= 0.3 is 6.18 Å². The molecule has 0 radical (unpaired) electrons. The highest BCUT2D eigenvalue weighted by Crippen LogP contribution is 2.34. The second-order valence-corrected chi connectivity index (χ2v) is 6.34. The van der Waals surface area contributed by atoms with Crippen molar-refractivity contribution in [1.29, 1.82) is 0 Å². The second kappa shape index (κ2) is 7.22. The highest BCUT2D eigenvalue weighted by molar-refractivity contribution is 5.94. The summed E-state index contributed by atoms with van der Waals surface area (Å²) in [5.74, 6) is -0.770. The van der Waals surface area contributed by atoms with Gasteiger partial charge in [0.15, 0.2) is 11.4 Å². The van der Waals surface area contributed by atoms with Gasteiger partial charge in [0.2, 0.25) is 0 Å². The molecule has 2 aromatic rings. The Morgan fingerprint density at radius 1 is 1.48 bits per heavy atom. The summed E-state index contributed by atoms with van der Waals surface area (Å²) in [5, 5.41) is 12.2. The molecule has 0 aliphatic carbocycles. The molecule has 2 atom stereocenters. The van der Waals surface area contributed by atoms with Crippen LogP contribution in [0.5, 0.6) is 5.75 Å². The fourth-order valence-electron chi connectivity index (χ4n) is 3.15. The minimum atomic E-state index is -4.59. The number of carbonyl (C=O) groups excluding carboxylic acids is 1. The fraction of sp³-hybridized carbons (Fsp3) is 0.562. The van der Waals surface area contributed by atoms with E-state index in [1.54, 1.807) is 7.05 Å². The number of H-pyrrole nitrogens is 1. The highest BCUT2D eigenvalue weighted by atomic mass is 19.4. The van der Waals surface area contributed by atoms with Crippen LogP contribution < -0.4 is 10.1 Å². The largest absolute Gasteiger partial charge is 0.488 e. The number of hydrogen-bond acceptors (Lipinski definition) is 5. The van der Waals surface area contributed by atoms with Crippen molar-refractivity contribution in [3.8, 4) is 5.75 Å². The summed E-state index contributed by atoms with van der Waals surface area (Å²) in [6.45, 7) is 3.69. The second-order valence-electron chi connectivity index (χ2n) is 6.34. The summed E-state index contributed by atoms with van der Waals surface area (Å²) in [5.41, 5.74) is 0.922. The number of rotatable bonds is 5. The van der Waals surface area contributed by atoms with Crippen LogP contribution in [0.1, 0.15) is 47.4 Å². The normalized spacial score (nSPS) is 19.6. The molecule has 0 saturated heterocycles. The molecule has 11 heteroatoms. The van der Waals surface area contributed by atoms with Crippen molar-refractivity contribution in [2.24, 2.45) is 7.05 Å². The van der Waals surface area contributed by atoms with Crippen molar-refractivity contribution in [2.45, 2.75) is 38.7 Å². The molecule has 0 saturated carbocycles. The van der Waals surface area contributed by atoms with Crippen molar-refractivity contribution in [1.82, 2.24) is 25.3 Å². The Morgan fingerprint density at radius 3 is 2.93 bits per heavy atom. The number of fused-ring (bicyclic) bond motifs is 1. The number of aryl methyl sites for hydroxylation is 1. The molecule has 0 unspecified atom stereocenters. The average Bonchev–Trinajstić information content (AvgIpc) is 3.15. The molecule has 27 heavy (non-hydrogen) atoms. The first kappa shape index (κ1) is 19.2. The maximum Gasteiger partial charge on any atom is 0.436 e. The number of halogens is 3. The molecule has 8 nitrogen and oxygen atoms in total. The lowest BCUT2D eigenvalue weighted by atomic mass is 9.99. The number of aromatic nitrogens is 4. The van der Waals surface area contributed by atoms with Crippen molar-refractivity contribution in [2.75, 3.05) is 13.2 Å². The number of hydrogen-bond donors (Lipinski definition) is 2. The van der Waals surface area contributed by atoms with Crippen LogP contribution in [0.4, 0.5) is 13.2 Å². The van der Waals surface area contributed by atoms with E-state index in [2.05, 4.69) is 15.5 Å². The summed E-state index contributed by atoms with van der Waals surface area (Å²) < 4.78 is 50.5. The van der Waals surface area contributed by atoms with Gasteiger partial charge in [-0.15, -0.1) is 0 Å². The maximum atomic E-state index is 12.7. The molecule has 0 aromatic carbocycles. The predicted molar refractivity (Wildman–Crippen MR) is 87.3 cm³/mol. The number of nitrogens with one attached hydrogen (secondary N) is 2. The first-order valence-electron chi connectivity index (χ1n) is 8.41. The Bertz CT molecular complexity index is 830. The number of ether oxygens (including phenoxy) is 2. The predicted octanol–water partition coefficient (Wildman–Crippen LogP) is 1.99. The van der Waals surface area contributed by atoms with E-state index >= 15 is 0 Å². The molecule has 0 fully saturated rings. The van der Waals surface area contributed by atoms with E-state index in [-0.39, 0.29) is 31.3 Å². The molecule has 2 N–H and O–H groups in total. The molecule has 0 bridgehead atoms. The van der Waals surface area contributed by atoms with Gasteiger partial charge in [0.1, 0.15) is 12.3 Å². The van der Waals surface area contributed by atoms with Gasteiger partial charge in [-0.2, -0.15) is 23.4 Å². The topological polar surface area (TPSA) is 94.1 Å². The highest BCUT2D eigenvalue weighted by Gasteiger charge is 2.36. The Hall–Kier alpha value is -2.56. The van der Waals surface area contributed by atoms with Crippen LogP contribution in [0.3, 0.4) is 0 Å². The van der Waals surface area contributed by atoms with Gasteiger partial charge in [-0.3, -0.25) is 14.6 Å². The summed E-state index contributed by atoms with van der Waals surface area (Å²) in [6, 6.07) is 0. The lowest BCUT2D eigenvalue weighted by Crippen LogP contribution is -2.31. The van der Waals surface area contributed by atoms with Gasteiger partial charge in [-0.1, -0.05) is 0 Å². The third-order valence-corrected chi connectivity index (χ3v) is 4.24. The first-order chi connectivity index (χ1) is 12.7. The van der Waals surface area contributed by atoms with Crippen LogP contribution in [-0.4, -0.2) is 45.1 Å². The van der Waals surface area contributed by atoms with E-state index in [0.29, 0.717) is 12.1 Å². The van der Waals surface area contributed by atoms with Gasteiger partial charge in [-0.05, 0) is 13.8 Å². The summed E-state index contributed by atoms with van der Waals surface area (Å²) in [7, 11) is 1.67. The molecule has 2 aromatic heterocycles. The van der Waals surface area contributed by atoms with Gasteiger partial charge in [0.05, 0.1) is 30.6 Å². The van der Waals surface area contributed by atoms with E-state index < -0.39 is 17.6 Å². The number of aromatic amines is 1. The summed E-state index contributed by atoms with van der Waals surface area (Å²) in [6.07, 6.45) is -3.31. The number of alkyl halides is 3. The molecule has 1 aliphatic heterocycles. The quantitative estimate of drug-likeness (QED) is 0.766. The fourth-order valence-corrected chi connectivity index (χ4v) is 3.15. The van der Waals surface area contributed by atoms with Crippen molar-refractivity contribution in [3.05, 3.63) is 28.8 Å². The zero-order valence-corrected chi connectivity index (χ0v) is 15.1. The lowest BCUT2D eigenvalue weighted by molar-refractivity contribution is -0.142. The first-order valence-corrected chi connectivity index (χ1v) is 8.41. The van der Waals surface area contributed by atoms with Crippen LogP contribution in [-0.2, 0) is 24.4 Å². The smallest absolute Gasteiger partial charge is 0.436 e. The summed E-state index contributed by atoms with van der Waals surface area (Å²) >= 11 is 0. The van der Waals surface area contributed by atoms with E-state index in [0.717, 1.165) is 17.5 Å². The molecular formula is C16H20F3N5O3. The monoisotopic (exact) mass is 387 g/mol. The van der Waals surface area contributed by atoms with Gasteiger partial charge < -0.3 is 14.8 Å². The summed E-state index contributed by atoms with van der Waals surface area (Å²) in [4.78, 5) is 12.5. The van der Waals surface area contributed by atoms with Crippen LogP contribution in [0.15, 0.2) is 6.20 Å². The number of carbonyl (C=O) groups is 1. The van der Waals surface area contributed by atoms with Crippen LogP contribution in [0, 0.1) is 0 Å². The van der Waals surface area contributed by atoms with E-state index in [9.17, 15) is 18.0 Å². The van der Waals surface area contributed by atoms with Gasteiger partial charge in [0, 0.05) is 19.0 Å². The molecule has 3 rings (SSSR count). The molecule has 1 aliphatic rings. The molecule has 148 valence electrons. The van der Waals surface area contributed by atoms with E-state index in [1.165, 1.54) is 4.68 Å². The minimum absolute atomic E-state index is 0.0306. The average molecular weight is 387 g/mol. The zero-order valence-electron chi connectivity index (χ0n) is 15.1. The SMILES string of the molecule is C[C@@H]1Cc2c(nn(C)c2C(=O)NCCOc2cn[nH]c2C(F)(F)F)[C@H](C)O1. The third kappa shape index (κ3) is 3.92. The van der Waals surface area contributed by atoms with E-state index in [1.807, 2.05) is 18.9 Å². The van der Waals surface area contributed by atoms with Crippen molar-refractivity contribution in [3.63, 3.8) is 0 Å². The molecule has 1 amide bonds.